The number of aromatic nitrogens is 1. The molecule has 0 unspecified atom stereocenters. The molecule has 1 aromatic heterocycles. The molecule has 1 saturated heterocycles. The number of pyridine rings is 1. The summed E-state index contributed by atoms with van der Waals surface area (Å²) in [4.78, 5) is 13.2. The Kier molecular flexibility index (Phi) is 5.20. The Hall–Kier alpha value is -2.27. The van der Waals surface area contributed by atoms with E-state index in [-0.39, 0.29) is 0 Å². The van der Waals surface area contributed by atoms with Crippen LogP contribution in [-0.4, -0.2) is 42.0 Å². The van der Waals surface area contributed by atoms with Crippen molar-refractivity contribution in [2.45, 2.75) is 13.5 Å². The van der Waals surface area contributed by atoms with Gasteiger partial charge in [0, 0.05) is 48.8 Å². The summed E-state index contributed by atoms with van der Waals surface area (Å²) >= 11 is 5.95. The van der Waals surface area contributed by atoms with E-state index < -0.39 is 0 Å². The zero-order valence-electron chi connectivity index (χ0n) is 13.8. The van der Waals surface area contributed by atoms with Crippen molar-refractivity contribution in [1.82, 2.24) is 9.88 Å². The third-order valence-electron chi connectivity index (χ3n) is 4.18. The summed E-state index contributed by atoms with van der Waals surface area (Å²) in [6, 6.07) is 12.0. The fraction of sp³-hybridized carbons (Fsp3) is 0.333. The Morgan fingerprint density at radius 3 is 2.54 bits per heavy atom. The lowest BCUT2D eigenvalue weighted by atomic mass is 10.2. The van der Waals surface area contributed by atoms with E-state index in [1.54, 1.807) is 6.20 Å². The summed E-state index contributed by atoms with van der Waals surface area (Å²) < 4.78 is 0. The molecule has 1 aliphatic rings. The van der Waals surface area contributed by atoms with Gasteiger partial charge >= 0.3 is 0 Å². The summed E-state index contributed by atoms with van der Waals surface area (Å²) in [5.41, 5.74) is 9.49. The normalized spacial score (nSPS) is 15.7. The second kappa shape index (κ2) is 7.53. The highest BCUT2D eigenvalue weighted by Gasteiger charge is 2.18. The largest absolute Gasteiger partial charge is 0.370 e. The number of benzene rings is 1. The van der Waals surface area contributed by atoms with Gasteiger partial charge in [0.05, 0.1) is 6.54 Å². The lowest BCUT2D eigenvalue weighted by Gasteiger charge is -2.36. The first-order valence-electron chi connectivity index (χ1n) is 8.09. The van der Waals surface area contributed by atoms with E-state index in [0.29, 0.717) is 12.5 Å². The second-order valence-corrected chi connectivity index (χ2v) is 6.37. The zero-order valence-corrected chi connectivity index (χ0v) is 14.6. The maximum Gasteiger partial charge on any atom is 0.191 e. The molecule has 2 heterocycles. The van der Waals surface area contributed by atoms with Crippen molar-refractivity contribution < 1.29 is 0 Å². The van der Waals surface area contributed by atoms with Gasteiger partial charge in [-0.05, 0) is 48.9 Å². The predicted molar refractivity (Wildman–Crippen MR) is 99.5 cm³/mol. The highest BCUT2D eigenvalue weighted by molar-refractivity contribution is 6.30. The third kappa shape index (κ3) is 4.17. The molecule has 2 N–H and O–H groups in total. The van der Waals surface area contributed by atoms with E-state index in [1.165, 1.54) is 5.69 Å². The number of nitrogens with zero attached hydrogens (tertiary/aromatic N) is 4. The van der Waals surface area contributed by atoms with E-state index in [0.717, 1.165) is 42.5 Å². The number of piperazine rings is 1. The van der Waals surface area contributed by atoms with Crippen LogP contribution in [0.4, 0.5) is 5.69 Å². The van der Waals surface area contributed by atoms with Crippen LogP contribution in [0.5, 0.6) is 0 Å². The number of guanidine groups is 1. The number of hydrogen-bond donors (Lipinski definition) is 1. The monoisotopic (exact) mass is 343 g/mol. The van der Waals surface area contributed by atoms with E-state index in [9.17, 15) is 0 Å². The minimum absolute atomic E-state index is 0.590. The summed E-state index contributed by atoms with van der Waals surface area (Å²) in [5.74, 6) is 0.611. The average molecular weight is 344 g/mol. The van der Waals surface area contributed by atoms with Crippen molar-refractivity contribution in [2.24, 2.45) is 10.7 Å². The third-order valence-corrected chi connectivity index (χ3v) is 4.43. The molecule has 1 fully saturated rings. The van der Waals surface area contributed by atoms with Crippen LogP contribution in [0, 0.1) is 6.92 Å². The molecule has 0 bridgehead atoms. The summed E-state index contributed by atoms with van der Waals surface area (Å²) in [5, 5.41) is 0.764. The molecule has 0 saturated carbocycles. The number of anilines is 1. The first-order valence-corrected chi connectivity index (χ1v) is 8.46. The minimum Gasteiger partial charge on any atom is -0.370 e. The van der Waals surface area contributed by atoms with Gasteiger partial charge in [-0.15, -0.1) is 0 Å². The molecule has 0 aliphatic carbocycles. The molecule has 0 atom stereocenters. The van der Waals surface area contributed by atoms with Crippen LogP contribution in [0.2, 0.25) is 5.02 Å². The lowest BCUT2D eigenvalue weighted by Crippen LogP contribution is -2.51. The molecule has 1 aliphatic heterocycles. The van der Waals surface area contributed by atoms with Gasteiger partial charge in [0.25, 0.3) is 0 Å². The highest BCUT2D eigenvalue weighted by Crippen LogP contribution is 2.19. The molecular weight excluding hydrogens is 322 g/mol. The SMILES string of the molecule is Cc1cc(CN=C(N)N2CCN(c3ccc(Cl)cc3)CC2)ccn1. The summed E-state index contributed by atoms with van der Waals surface area (Å²) in [6.07, 6.45) is 1.81. The Balaban J connectivity index is 1.55. The second-order valence-electron chi connectivity index (χ2n) is 5.93. The molecule has 3 rings (SSSR count). The quantitative estimate of drug-likeness (QED) is 0.687. The average Bonchev–Trinajstić information content (AvgIpc) is 2.61. The Morgan fingerprint density at radius 2 is 1.88 bits per heavy atom. The number of hydrogen-bond acceptors (Lipinski definition) is 3. The zero-order chi connectivity index (χ0) is 16.9. The molecule has 24 heavy (non-hydrogen) atoms. The first kappa shape index (κ1) is 16.6. The number of nitrogens with two attached hydrogens (primary N) is 1. The molecule has 0 radical (unpaired) electrons. The lowest BCUT2D eigenvalue weighted by molar-refractivity contribution is 0.380. The van der Waals surface area contributed by atoms with Gasteiger partial charge in [0.2, 0.25) is 0 Å². The van der Waals surface area contributed by atoms with Crippen molar-refractivity contribution >= 4 is 23.2 Å². The van der Waals surface area contributed by atoms with Crippen molar-refractivity contribution in [1.29, 1.82) is 0 Å². The van der Waals surface area contributed by atoms with Crippen LogP contribution in [0.3, 0.4) is 0 Å². The molecule has 1 aromatic carbocycles. The van der Waals surface area contributed by atoms with Crippen LogP contribution in [0.15, 0.2) is 47.6 Å². The number of aliphatic imine (C=N–C) groups is 1. The maximum atomic E-state index is 6.16. The summed E-state index contributed by atoms with van der Waals surface area (Å²) in [7, 11) is 0. The van der Waals surface area contributed by atoms with Crippen LogP contribution in [0.1, 0.15) is 11.3 Å². The van der Waals surface area contributed by atoms with Crippen LogP contribution < -0.4 is 10.6 Å². The fourth-order valence-electron chi connectivity index (χ4n) is 2.82. The highest BCUT2D eigenvalue weighted by atomic mass is 35.5. The van der Waals surface area contributed by atoms with E-state index >= 15 is 0 Å². The number of aryl methyl sites for hydroxylation is 1. The van der Waals surface area contributed by atoms with Gasteiger partial charge in [-0.2, -0.15) is 0 Å². The summed E-state index contributed by atoms with van der Waals surface area (Å²) in [6.45, 7) is 6.15. The number of rotatable bonds is 3. The van der Waals surface area contributed by atoms with Gasteiger partial charge in [0.1, 0.15) is 0 Å². The Morgan fingerprint density at radius 1 is 1.17 bits per heavy atom. The first-order chi connectivity index (χ1) is 11.6. The standard InChI is InChI=1S/C18H22ClN5/c1-14-12-15(6-7-21-14)13-22-18(20)24-10-8-23(9-11-24)17-4-2-16(19)3-5-17/h2-7,12H,8-11,13H2,1H3,(H2,20,22). The fourth-order valence-corrected chi connectivity index (χ4v) is 2.95. The van der Waals surface area contributed by atoms with Gasteiger partial charge in [0.15, 0.2) is 5.96 Å². The maximum absolute atomic E-state index is 6.16. The Bertz CT molecular complexity index is 706. The molecule has 0 spiro atoms. The van der Waals surface area contributed by atoms with Crippen LogP contribution in [-0.2, 0) is 6.54 Å². The van der Waals surface area contributed by atoms with Gasteiger partial charge in [-0.1, -0.05) is 11.6 Å². The van der Waals surface area contributed by atoms with Crippen molar-refractivity contribution in [3.05, 3.63) is 58.9 Å². The van der Waals surface area contributed by atoms with E-state index in [2.05, 4.69) is 31.9 Å². The molecular formula is C18H22ClN5. The van der Waals surface area contributed by atoms with Gasteiger partial charge < -0.3 is 15.5 Å². The topological polar surface area (TPSA) is 57.8 Å². The van der Waals surface area contributed by atoms with Crippen molar-refractivity contribution in [2.75, 3.05) is 31.1 Å². The van der Waals surface area contributed by atoms with Crippen LogP contribution >= 0.6 is 11.6 Å². The smallest absolute Gasteiger partial charge is 0.191 e. The Labute approximate surface area is 147 Å². The molecule has 0 amide bonds. The predicted octanol–water partition coefficient (Wildman–Crippen LogP) is 2.68. The van der Waals surface area contributed by atoms with Gasteiger partial charge in [-0.25, -0.2) is 4.99 Å². The van der Waals surface area contributed by atoms with Crippen LogP contribution in [0.25, 0.3) is 0 Å². The van der Waals surface area contributed by atoms with E-state index in [1.807, 2.05) is 31.2 Å². The number of halogens is 1. The van der Waals surface area contributed by atoms with Crippen molar-refractivity contribution in [3.8, 4) is 0 Å². The molecule has 6 heteroatoms. The molecule has 2 aromatic rings. The molecule has 126 valence electrons. The molecule has 5 nitrogen and oxygen atoms in total. The van der Waals surface area contributed by atoms with E-state index in [4.69, 9.17) is 17.3 Å². The van der Waals surface area contributed by atoms with Crippen molar-refractivity contribution in [3.63, 3.8) is 0 Å². The van der Waals surface area contributed by atoms with Gasteiger partial charge in [-0.3, -0.25) is 4.98 Å². The minimum atomic E-state index is 0.590.